The van der Waals surface area contributed by atoms with Crippen LogP contribution < -0.4 is 0 Å². The SMILES string of the molecule is CCCN(CC(F)(F)F)C(=O)CC(C)C. The first kappa shape index (κ1) is 14.3. The minimum Gasteiger partial charge on any atom is -0.334 e. The molecule has 0 saturated heterocycles. The lowest BCUT2D eigenvalue weighted by Crippen LogP contribution is -2.39. The number of alkyl halides is 3. The summed E-state index contributed by atoms with van der Waals surface area (Å²) in [6.45, 7) is 4.43. The molecular formula is C10H18F3NO. The van der Waals surface area contributed by atoms with E-state index in [-0.39, 0.29) is 18.9 Å². The van der Waals surface area contributed by atoms with Crippen LogP contribution in [-0.4, -0.2) is 30.1 Å². The molecule has 0 aliphatic heterocycles. The summed E-state index contributed by atoms with van der Waals surface area (Å²) in [5.74, 6) is -0.325. The van der Waals surface area contributed by atoms with Gasteiger partial charge in [-0.3, -0.25) is 4.79 Å². The molecule has 0 spiro atoms. The molecule has 0 aliphatic carbocycles. The van der Waals surface area contributed by atoms with Crippen molar-refractivity contribution in [2.75, 3.05) is 13.1 Å². The zero-order valence-corrected chi connectivity index (χ0v) is 9.40. The third-order valence-electron chi connectivity index (χ3n) is 1.80. The molecule has 0 rings (SSSR count). The van der Waals surface area contributed by atoms with E-state index in [0.717, 1.165) is 4.90 Å². The predicted molar refractivity (Wildman–Crippen MR) is 52.4 cm³/mol. The van der Waals surface area contributed by atoms with Crippen molar-refractivity contribution < 1.29 is 18.0 Å². The first-order chi connectivity index (χ1) is 6.76. The maximum absolute atomic E-state index is 12.1. The summed E-state index contributed by atoms with van der Waals surface area (Å²) in [4.78, 5) is 12.3. The van der Waals surface area contributed by atoms with Crippen LogP contribution in [0.5, 0.6) is 0 Å². The van der Waals surface area contributed by atoms with Gasteiger partial charge in [0.25, 0.3) is 0 Å². The van der Waals surface area contributed by atoms with Gasteiger partial charge in [-0.05, 0) is 12.3 Å². The van der Waals surface area contributed by atoms with Gasteiger partial charge in [-0.25, -0.2) is 0 Å². The molecule has 5 heteroatoms. The largest absolute Gasteiger partial charge is 0.406 e. The number of carbonyl (C=O) groups is 1. The molecule has 0 saturated carbocycles. The lowest BCUT2D eigenvalue weighted by Gasteiger charge is -2.24. The number of rotatable bonds is 5. The standard InChI is InChI=1S/C10H18F3NO/c1-4-5-14(7-10(11,12)13)9(15)6-8(2)3/h8H,4-7H2,1-3H3. The van der Waals surface area contributed by atoms with E-state index >= 15 is 0 Å². The van der Waals surface area contributed by atoms with E-state index in [9.17, 15) is 18.0 Å². The predicted octanol–water partition coefficient (Wildman–Crippen LogP) is 2.83. The molecule has 0 radical (unpaired) electrons. The third-order valence-corrected chi connectivity index (χ3v) is 1.80. The molecule has 0 aromatic heterocycles. The highest BCUT2D eigenvalue weighted by molar-refractivity contribution is 5.76. The van der Waals surface area contributed by atoms with Crippen molar-refractivity contribution in [2.24, 2.45) is 5.92 Å². The fourth-order valence-electron chi connectivity index (χ4n) is 1.26. The molecule has 0 N–H and O–H groups in total. The van der Waals surface area contributed by atoms with E-state index in [2.05, 4.69) is 0 Å². The Morgan fingerprint density at radius 3 is 2.20 bits per heavy atom. The van der Waals surface area contributed by atoms with Gasteiger partial charge in [0, 0.05) is 13.0 Å². The van der Waals surface area contributed by atoms with Crippen LogP contribution in [0.1, 0.15) is 33.6 Å². The van der Waals surface area contributed by atoms with Gasteiger partial charge in [0.2, 0.25) is 5.91 Å². The maximum Gasteiger partial charge on any atom is 0.406 e. The zero-order chi connectivity index (χ0) is 12.1. The normalized spacial score (nSPS) is 11.9. The van der Waals surface area contributed by atoms with Crippen molar-refractivity contribution in [1.82, 2.24) is 4.90 Å². The third kappa shape index (κ3) is 7.22. The Morgan fingerprint density at radius 1 is 1.33 bits per heavy atom. The number of hydrogen-bond donors (Lipinski definition) is 0. The topological polar surface area (TPSA) is 20.3 Å². The molecule has 2 nitrogen and oxygen atoms in total. The Balaban J connectivity index is 4.31. The van der Waals surface area contributed by atoms with Gasteiger partial charge in [-0.2, -0.15) is 13.2 Å². The van der Waals surface area contributed by atoms with E-state index in [1.807, 2.05) is 13.8 Å². The van der Waals surface area contributed by atoms with Crippen molar-refractivity contribution in [3.05, 3.63) is 0 Å². The molecule has 0 unspecified atom stereocenters. The molecule has 0 heterocycles. The van der Waals surface area contributed by atoms with Gasteiger partial charge in [0.1, 0.15) is 6.54 Å². The highest BCUT2D eigenvalue weighted by atomic mass is 19.4. The molecular weight excluding hydrogens is 207 g/mol. The minimum absolute atomic E-state index is 0.0880. The summed E-state index contributed by atoms with van der Waals surface area (Å²) >= 11 is 0. The Morgan fingerprint density at radius 2 is 1.87 bits per heavy atom. The van der Waals surface area contributed by atoms with Crippen molar-refractivity contribution in [3.8, 4) is 0 Å². The second-order valence-electron chi connectivity index (χ2n) is 4.03. The summed E-state index contributed by atoms with van der Waals surface area (Å²) in [5, 5.41) is 0. The first-order valence-electron chi connectivity index (χ1n) is 5.10. The highest BCUT2D eigenvalue weighted by Gasteiger charge is 2.32. The number of halogens is 3. The van der Waals surface area contributed by atoms with Gasteiger partial charge < -0.3 is 4.90 Å². The lowest BCUT2D eigenvalue weighted by molar-refractivity contribution is -0.161. The number of nitrogens with zero attached hydrogens (tertiary/aromatic N) is 1. The fraction of sp³-hybridized carbons (Fsp3) is 0.900. The van der Waals surface area contributed by atoms with Gasteiger partial charge in [0.05, 0.1) is 0 Å². The zero-order valence-electron chi connectivity index (χ0n) is 9.40. The van der Waals surface area contributed by atoms with Gasteiger partial charge in [-0.1, -0.05) is 20.8 Å². The average molecular weight is 225 g/mol. The molecule has 0 aliphatic rings. The second kappa shape index (κ2) is 5.98. The highest BCUT2D eigenvalue weighted by Crippen LogP contribution is 2.18. The first-order valence-corrected chi connectivity index (χ1v) is 5.10. The number of amides is 1. The Bertz CT molecular complexity index is 201. The maximum atomic E-state index is 12.1. The summed E-state index contributed by atoms with van der Waals surface area (Å²) < 4.78 is 36.4. The van der Waals surface area contributed by atoms with Gasteiger partial charge in [0.15, 0.2) is 0 Å². The molecule has 0 atom stereocenters. The van der Waals surface area contributed by atoms with E-state index in [1.54, 1.807) is 6.92 Å². The smallest absolute Gasteiger partial charge is 0.334 e. The van der Waals surface area contributed by atoms with Crippen molar-refractivity contribution in [2.45, 2.75) is 39.8 Å². The van der Waals surface area contributed by atoms with Crippen molar-refractivity contribution in [1.29, 1.82) is 0 Å². The minimum atomic E-state index is -4.30. The van der Waals surface area contributed by atoms with Crippen molar-refractivity contribution in [3.63, 3.8) is 0 Å². The number of hydrogen-bond acceptors (Lipinski definition) is 1. The van der Waals surface area contributed by atoms with E-state index in [0.29, 0.717) is 6.42 Å². The number of carbonyl (C=O) groups excluding carboxylic acids is 1. The van der Waals surface area contributed by atoms with E-state index in [1.165, 1.54) is 0 Å². The molecule has 0 bridgehead atoms. The van der Waals surface area contributed by atoms with Crippen LogP contribution >= 0.6 is 0 Å². The van der Waals surface area contributed by atoms with Gasteiger partial charge in [-0.15, -0.1) is 0 Å². The summed E-state index contributed by atoms with van der Waals surface area (Å²) in [6, 6.07) is 0. The quantitative estimate of drug-likeness (QED) is 0.704. The Kier molecular flexibility index (Phi) is 5.68. The van der Waals surface area contributed by atoms with Crippen LogP contribution in [0.25, 0.3) is 0 Å². The average Bonchev–Trinajstić information content (AvgIpc) is 1.99. The molecule has 90 valence electrons. The Labute approximate surface area is 88.4 Å². The molecule has 15 heavy (non-hydrogen) atoms. The van der Waals surface area contributed by atoms with Crippen LogP contribution in [0.4, 0.5) is 13.2 Å². The molecule has 1 amide bonds. The fourth-order valence-corrected chi connectivity index (χ4v) is 1.26. The van der Waals surface area contributed by atoms with Crippen LogP contribution in [0, 0.1) is 5.92 Å². The molecule has 0 aromatic rings. The van der Waals surface area contributed by atoms with Crippen molar-refractivity contribution >= 4 is 5.91 Å². The summed E-state index contributed by atoms with van der Waals surface area (Å²) in [7, 11) is 0. The second-order valence-corrected chi connectivity index (χ2v) is 4.03. The van der Waals surface area contributed by atoms with Crippen LogP contribution in [-0.2, 0) is 4.79 Å². The monoisotopic (exact) mass is 225 g/mol. The van der Waals surface area contributed by atoms with Crippen LogP contribution in [0.15, 0.2) is 0 Å². The summed E-state index contributed by atoms with van der Waals surface area (Å²) in [5.41, 5.74) is 0. The van der Waals surface area contributed by atoms with Gasteiger partial charge >= 0.3 is 6.18 Å². The van der Waals surface area contributed by atoms with Crippen LogP contribution in [0.2, 0.25) is 0 Å². The molecule has 0 fully saturated rings. The van der Waals surface area contributed by atoms with E-state index < -0.39 is 18.6 Å². The summed E-state index contributed by atoms with van der Waals surface area (Å²) in [6.07, 6.45) is -3.59. The lowest BCUT2D eigenvalue weighted by atomic mass is 10.1. The van der Waals surface area contributed by atoms with Crippen LogP contribution in [0.3, 0.4) is 0 Å². The molecule has 0 aromatic carbocycles. The Hall–Kier alpha value is -0.740. The van der Waals surface area contributed by atoms with E-state index in [4.69, 9.17) is 0 Å².